The number of carbonyl (C=O) groups excluding carboxylic acids is 1. The van der Waals surface area contributed by atoms with E-state index in [0.29, 0.717) is 31.9 Å². The fraction of sp³-hybridized carbons (Fsp3) is 0.458. The Labute approximate surface area is 183 Å². The van der Waals surface area contributed by atoms with E-state index in [1.54, 1.807) is 6.07 Å². The van der Waals surface area contributed by atoms with Crippen LogP contribution in [-0.4, -0.2) is 45.9 Å². The summed E-state index contributed by atoms with van der Waals surface area (Å²) in [5.74, 6) is -0.279. The molecule has 6 nitrogen and oxygen atoms in total. The summed E-state index contributed by atoms with van der Waals surface area (Å²) < 4.78 is 24.4. The molecule has 1 fully saturated rings. The average molecular weight is 430 g/mol. The van der Waals surface area contributed by atoms with E-state index in [1.165, 1.54) is 13.2 Å². The predicted octanol–water partition coefficient (Wildman–Crippen LogP) is 4.06. The number of ether oxygens (including phenoxy) is 2. The van der Waals surface area contributed by atoms with Gasteiger partial charge < -0.3 is 25.0 Å². The van der Waals surface area contributed by atoms with Crippen molar-refractivity contribution < 1.29 is 18.7 Å². The number of carbonyl (C=O) groups is 1. The van der Waals surface area contributed by atoms with Crippen LogP contribution in [0.3, 0.4) is 0 Å². The number of methoxy groups -OCH3 is 1. The van der Waals surface area contributed by atoms with Crippen molar-refractivity contribution in [3.05, 3.63) is 53.3 Å². The van der Waals surface area contributed by atoms with Crippen LogP contribution in [0.15, 0.2) is 36.4 Å². The zero-order chi connectivity index (χ0) is 22.4. The fourth-order valence-electron chi connectivity index (χ4n) is 3.37. The van der Waals surface area contributed by atoms with Crippen molar-refractivity contribution in [3.63, 3.8) is 0 Å². The molecule has 2 aromatic rings. The molecule has 0 aliphatic carbocycles. The largest absolute Gasteiger partial charge is 0.494 e. The van der Waals surface area contributed by atoms with Crippen LogP contribution in [-0.2, 0) is 11.3 Å². The summed E-state index contributed by atoms with van der Waals surface area (Å²) in [5, 5.41) is 6.34. The van der Waals surface area contributed by atoms with Gasteiger partial charge in [-0.25, -0.2) is 4.39 Å². The normalized spacial score (nSPS) is 14.3. The standard InChI is InChI=1S/C24H32FN3O3/c1-24(2,3)16-27-23(29)19-14-18(6-7-21(19)28-9-11-31-12-10-28)26-15-17-5-8-22(30-4)20(25)13-17/h5-8,13-14,26H,9-12,15-16H2,1-4H3,(H,27,29). The van der Waals surface area contributed by atoms with E-state index in [9.17, 15) is 9.18 Å². The Kier molecular flexibility index (Phi) is 7.38. The second kappa shape index (κ2) is 10.0. The van der Waals surface area contributed by atoms with Crippen LogP contribution >= 0.6 is 0 Å². The highest BCUT2D eigenvalue weighted by atomic mass is 19.1. The van der Waals surface area contributed by atoms with Gasteiger partial charge in [-0.05, 0) is 41.3 Å². The van der Waals surface area contributed by atoms with Crippen molar-refractivity contribution in [2.24, 2.45) is 5.41 Å². The molecule has 0 bridgehead atoms. The molecule has 1 heterocycles. The van der Waals surface area contributed by atoms with Gasteiger partial charge in [-0.15, -0.1) is 0 Å². The van der Waals surface area contributed by atoms with Crippen LogP contribution in [0.2, 0.25) is 0 Å². The first-order valence-corrected chi connectivity index (χ1v) is 10.6. The summed E-state index contributed by atoms with van der Waals surface area (Å²) in [4.78, 5) is 15.2. The topological polar surface area (TPSA) is 62.8 Å². The Morgan fingerprint density at radius 3 is 2.55 bits per heavy atom. The lowest BCUT2D eigenvalue weighted by Gasteiger charge is -2.31. The third kappa shape index (κ3) is 6.34. The maximum absolute atomic E-state index is 14.0. The first-order valence-electron chi connectivity index (χ1n) is 10.6. The van der Waals surface area contributed by atoms with E-state index in [1.807, 2.05) is 24.3 Å². The molecule has 0 saturated carbocycles. The number of hydrogen-bond acceptors (Lipinski definition) is 5. The molecule has 1 aliphatic heterocycles. The number of benzene rings is 2. The van der Waals surface area contributed by atoms with Crippen LogP contribution in [0.1, 0.15) is 36.7 Å². The zero-order valence-electron chi connectivity index (χ0n) is 18.8. The summed E-state index contributed by atoms with van der Waals surface area (Å²) in [6.07, 6.45) is 0. The highest BCUT2D eigenvalue weighted by molar-refractivity contribution is 6.01. The van der Waals surface area contributed by atoms with Gasteiger partial charge in [0, 0.05) is 37.6 Å². The first-order chi connectivity index (χ1) is 14.8. The molecular formula is C24H32FN3O3. The number of rotatable bonds is 7. The minimum absolute atomic E-state index is 0.0108. The Hall–Kier alpha value is -2.80. The third-order valence-electron chi connectivity index (χ3n) is 5.09. The first kappa shape index (κ1) is 22.9. The maximum Gasteiger partial charge on any atom is 0.253 e. The van der Waals surface area contributed by atoms with Crippen molar-refractivity contribution in [1.82, 2.24) is 5.32 Å². The summed E-state index contributed by atoms with van der Waals surface area (Å²) >= 11 is 0. The molecule has 1 amide bonds. The molecule has 2 aromatic carbocycles. The van der Waals surface area contributed by atoms with Crippen LogP contribution in [0, 0.1) is 11.2 Å². The molecule has 1 saturated heterocycles. The lowest BCUT2D eigenvalue weighted by Crippen LogP contribution is -2.38. The van der Waals surface area contributed by atoms with E-state index in [0.717, 1.165) is 30.0 Å². The smallest absolute Gasteiger partial charge is 0.253 e. The van der Waals surface area contributed by atoms with Gasteiger partial charge >= 0.3 is 0 Å². The molecule has 1 aliphatic rings. The van der Waals surface area contributed by atoms with E-state index >= 15 is 0 Å². The number of halogens is 1. The Morgan fingerprint density at radius 2 is 1.90 bits per heavy atom. The van der Waals surface area contributed by atoms with Gasteiger partial charge in [-0.3, -0.25) is 4.79 Å². The van der Waals surface area contributed by atoms with Crippen molar-refractivity contribution in [2.75, 3.05) is 50.2 Å². The van der Waals surface area contributed by atoms with Crippen LogP contribution in [0.25, 0.3) is 0 Å². The Bertz CT molecular complexity index is 905. The quantitative estimate of drug-likeness (QED) is 0.695. The van der Waals surface area contributed by atoms with Gasteiger partial charge in [0.2, 0.25) is 0 Å². The molecule has 3 rings (SSSR count). The van der Waals surface area contributed by atoms with Crippen molar-refractivity contribution >= 4 is 17.3 Å². The van der Waals surface area contributed by atoms with Gasteiger partial charge in [0.1, 0.15) is 0 Å². The lowest BCUT2D eigenvalue weighted by atomic mass is 9.97. The molecule has 0 atom stereocenters. The van der Waals surface area contributed by atoms with E-state index in [2.05, 4.69) is 36.3 Å². The Balaban J connectivity index is 1.79. The third-order valence-corrected chi connectivity index (χ3v) is 5.09. The molecule has 0 spiro atoms. The molecule has 0 unspecified atom stereocenters. The van der Waals surface area contributed by atoms with Gasteiger partial charge in [0.15, 0.2) is 11.6 Å². The number of nitrogens with zero attached hydrogens (tertiary/aromatic N) is 1. The van der Waals surface area contributed by atoms with Crippen molar-refractivity contribution in [1.29, 1.82) is 0 Å². The average Bonchev–Trinajstić information content (AvgIpc) is 2.76. The summed E-state index contributed by atoms with van der Waals surface area (Å²) in [6, 6.07) is 10.7. The summed E-state index contributed by atoms with van der Waals surface area (Å²) in [6.45, 7) is 10.1. The second-order valence-electron chi connectivity index (χ2n) is 8.90. The van der Waals surface area contributed by atoms with E-state index < -0.39 is 5.82 Å². The van der Waals surface area contributed by atoms with Crippen molar-refractivity contribution in [2.45, 2.75) is 27.3 Å². The molecule has 168 valence electrons. The predicted molar refractivity (Wildman–Crippen MR) is 122 cm³/mol. The van der Waals surface area contributed by atoms with E-state index in [4.69, 9.17) is 9.47 Å². The molecule has 7 heteroatoms. The number of hydrogen-bond donors (Lipinski definition) is 2. The minimum atomic E-state index is -0.397. The van der Waals surface area contributed by atoms with E-state index in [-0.39, 0.29) is 17.1 Å². The summed E-state index contributed by atoms with van der Waals surface area (Å²) in [7, 11) is 1.44. The molecule has 0 radical (unpaired) electrons. The van der Waals surface area contributed by atoms with Crippen LogP contribution in [0.5, 0.6) is 5.75 Å². The molecule has 31 heavy (non-hydrogen) atoms. The van der Waals surface area contributed by atoms with Gasteiger partial charge in [-0.1, -0.05) is 26.8 Å². The van der Waals surface area contributed by atoms with Crippen LogP contribution < -0.4 is 20.3 Å². The Morgan fingerprint density at radius 1 is 1.16 bits per heavy atom. The number of anilines is 2. The number of amides is 1. The second-order valence-corrected chi connectivity index (χ2v) is 8.90. The van der Waals surface area contributed by atoms with Crippen LogP contribution in [0.4, 0.5) is 15.8 Å². The van der Waals surface area contributed by atoms with Crippen molar-refractivity contribution in [3.8, 4) is 5.75 Å². The monoisotopic (exact) mass is 429 g/mol. The molecule has 0 aromatic heterocycles. The zero-order valence-corrected chi connectivity index (χ0v) is 18.8. The highest BCUT2D eigenvalue weighted by Gasteiger charge is 2.21. The minimum Gasteiger partial charge on any atom is -0.494 e. The number of morpholine rings is 1. The SMILES string of the molecule is COc1ccc(CNc2ccc(N3CCOCC3)c(C(=O)NCC(C)(C)C)c2)cc1F. The maximum atomic E-state index is 14.0. The highest BCUT2D eigenvalue weighted by Crippen LogP contribution is 2.26. The molecule has 2 N–H and O–H groups in total. The van der Waals surface area contributed by atoms with Gasteiger partial charge in [-0.2, -0.15) is 0 Å². The number of nitrogens with one attached hydrogen (secondary N) is 2. The molecular weight excluding hydrogens is 397 g/mol. The fourth-order valence-corrected chi connectivity index (χ4v) is 3.37. The summed E-state index contributed by atoms with van der Waals surface area (Å²) in [5.41, 5.74) is 3.10. The lowest BCUT2D eigenvalue weighted by molar-refractivity contribution is 0.0938. The van der Waals surface area contributed by atoms with Gasteiger partial charge in [0.25, 0.3) is 5.91 Å². The van der Waals surface area contributed by atoms with Gasteiger partial charge in [0.05, 0.1) is 25.9 Å².